The Morgan fingerprint density at radius 2 is 1.90 bits per heavy atom. The maximum Gasteiger partial charge on any atom is 0.226 e. The molecule has 0 bridgehead atoms. The van der Waals surface area contributed by atoms with E-state index in [1.807, 2.05) is 30.3 Å². The molecule has 1 aromatic heterocycles. The Morgan fingerprint density at radius 1 is 1.20 bits per heavy atom. The monoisotopic (exact) mass is 293 g/mol. The van der Waals surface area contributed by atoms with Gasteiger partial charge >= 0.3 is 0 Å². The number of benzene rings is 1. The lowest BCUT2D eigenvalue weighted by atomic mass is 10.1. The second kappa shape index (κ2) is 6.88. The van der Waals surface area contributed by atoms with Crippen molar-refractivity contribution in [2.24, 2.45) is 5.73 Å². The first kappa shape index (κ1) is 15.0. The number of oxazole rings is 1. The summed E-state index contributed by atoms with van der Waals surface area (Å²) < 4.78 is 5.55. The molecule has 0 atom stereocenters. The van der Waals surface area contributed by atoms with Gasteiger partial charge in [0, 0.05) is 31.2 Å². The lowest BCUT2D eigenvalue weighted by Gasteiger charge is -2.29. The maximum atomic E-state index is 5.91. The normalized spacial score (nSPS) is 16.9. The van der Waals surface area contributed by atoms with Crippen molar-refractivity contribution in [2.45, 2.75) is 25.4 Å². The lowest BCUT2D eigenvalue weighted by Crippen LogP contribution is -2.39. The van der Waals surface area contributed by atoms with Crippen LogP contribution in [0.3, 0.4) is 0 Å². The topological polar surface area (TPSA) is 55.3 Å². The van der Waals surface area contributed by atoms with Gasteiger partial charge in [-0.1, -0.05) is 18.2 Å². The van der Waals surface area contributed by atoms with Gasteiger partial charge in [-0.3, -0.25) is 4.90 Å². The summed E-state index contributed by atoms with van der Waals surface area (Å²) in [5.74, 6) is 0.698. The van der Waals surface area contributed by atoms with Gasteiger partial charge in [0.05, 0.1) is 5.69 Å². The fourth-order valence-electron chi connectivity index (χ4n) is 2.43. The van der Waals surface area contributed by atoms with E-state index < -0.39 is 0 Å². The number of hydrogen-bond donors (Lipinski definition) is 1. The summed E-state index contributed by atoms with van der Waals surface area (Å²) in [5.41, 5.74) is 7.93. The Labute approximate surface area is 125 Å². The summed E-state index contributed by atoms with van der Waals surface area (Å²) in [7, 11) is 0. The molecule has 5 heteroatoms. The second-order valence-corrected chi connectivity index (χ2v) is 5.12. The van der Waals surface area contributed by atoms with Crippen LogP contribution in [0, 0.1) is 0 Å². The van der Waals surface area contributed by atoms with Crippen molar-refractivity contribution in [3.05, 3.63) is 42.3 Å². The van der Waals surface area contributed by atoms with Gasteiger partial charge in [-0.2, -0.15) is 0 Å². The highest BCUT2D eigenvalue weighted by Gasteiger charge is 2.17. The highest BCUT2D eigenvalue weighted by molar-refractivity contribution is 5.85. The third-order valence-corrected chi connectivity index (χ3v) is 3.59. The standard InChI is InChI=1S/C15H19N3O.ClH/c16-13-6-8-18(9-7-13)10-14-11-19-15(17-14)12-4-2-1-3-5-12;/h1-5,11,13H,6-10,16H2;1H. The van der Waals surface area contributed by atoms with Crippen molar-refractivity contribution in [1.82, 2.24) is 9.88 Å². The van der Waals surface area contributed by atoms with Gasteiger partial charge in [0.15, 0.2) is 0 Å². The third kappa shape index (κ3) is 3.60. The minimum absolute atomic E-state index is 0. The van der Waals surface area contributed by atoms with E-state index in [4.69, 9.17) is 10.2 Å². The average Bonchev–Trinajstić information content (AvgIpc) is 2.91. The number of hydrogen-bond acceptors (Lipinski definition) is 4. The number of rotatable bonds is 3. The van der Waals surface area contributed by atoms with Gasteiger partial charge in [0.1, 0.15) is 6.26 Å². The first-order valence-electron chi connectivity index (χ1n) is 6.79. The first-order valence-corrected chi connectivity index (χ1v) is 6.79. The van der Waals surface area contributed by atoms with E-state index in [2.05, 4.69) is 9.88 Å². The van der Waals surface area contributed by atoms with Gasteiger partial charge in [0.25, 0.3) is 0 Å². The molecule has 0 aliphatic carbocycles. The number of piperidine rings is 1. The van der Waals surface area contributed by atoms with E-state index in [0.717, 1.165) is 43.7 Å². The van der Waals surface area contributed by atoms with Crippen LogP contribution in [-0.4, -0.2) is 29.0 Å². The smallest absolute Gasteiger partial charge is 0.226 e. The molecule has 1 saturated heterocycles. The minimum Gasteiger partial charge on any atom is -0.444 e. The molecule has 0 spiro atoms. The molecule has 2 N–H and O–H groups in total. The number of nitrogens with two attached hydrogens (primary N) is 1. The van der Waals surface area contributed by atoms with Crippen LogP contribution in [0.15, 0.2) is 41.0 Å². The summed E-state index contributed by atoms with van der Waals surface area (Å²) in [6, 6.07) is 10.4. The summed E-state index contributed by atoms with van der Waals surface area (Å²) in [6.07, 6.45) is 3.91. The lowest BCUT2D eigenvalue weighted by molar-refractivity contribution is 0.203. The van der Waals surface area contributed by atoms with Crippen molar-refractivity contribution < 1.29 is 4.42 Å². The molecule has 2 heterocycles. The fraction of sp³-hybridized carbons (Fsp3) is 0.400. The van der Waals surface area contributed by atoms with E-state index >= 15 is 0 Å². The zero-order chi connectivity index (χ0) is 13.1. The SMILES string of the molecule is Cl.NC1CCN(Cc2coc(-c3ccccc3)n2)CC1. The van der Waals surface area contributed by atoms with Crippen LogP contribution >= 0.6 is 12.4 Å². The number of aromatic nitrogens is 1. The van der Waals surface area contributed by atoms with Crippen LogP contribution in [0.4, 0.5) is 0 Å². The number of likely N-dealkylation sites (tertiary alicyclic amines) is 1. The second-order valence-electron chi connectivity index (χ2n) is 5.12. The number of halogens is 1. The van der Waals surface area contributed by atoms with E-state index in [1.165, 1.54) is 0 Å². The van der Waals surface area contributed by atoms with Crippen molar-refractivity contribution in [1.29, 1.82) is 0 Å². The highest BCUT2D eigenvalue weighted by Crippen LogP contribution is 2.19. The van der Waals surface area contributed by atoms with Crippen LogP contribution in [0.2, 0.25) is 0 Å². The van der Waals surface area contributed by atoms with Crippen LogP contribution in [0.25, 0.3) is 11.5 Å². The van der Waals surface area contributed by atoms with Gasteiger partial charge in [0.2, 0.25) is 5.89 Å². The summed E-state index contributed by atoms with van der Waals surface area (Å²) in [6.45, 7) is 2.95. The Hall–Kier alpha value is -1.36. The molecule has 3 rings (SSSR count). The van der Waals surface area contributed by atoms with Crippen LogP contribution in [-0.2, 0) is 6.54 Å². The molecule has 1 aliphatic heterocycles. The zero-order valence-electron chi connectivity index (χ0n) is 11.4. The fourth-order valence-corrected chi connectivity index (χ4v) is 2.43. The number of nitrogens with zero attached hydrogens (tertiary/aromatic N) is 2. The predicted molar refractivity (Wildman–Crippen MR) is 81.7 cm³/mol. The molecule has 0 radical (unpaired) electrons. The molecule has 0 unspecified atom stereocenters. The third-order valence-electron chi connectivity index (χ3n) is 3.59. The van der Waals surface area contributed by atoms with Crippen molar-refractivity contribution in [2.75, 3.05) is 13.1 Å². The average molecular weight is 294 g/mol. The minimum atomic E-state index is 0. The van der Waals surface area contributed by atoms with Crippen LogP contribution in [0.1, 0.15) is 18.5 Å². The zero-order valence-corrected chi connectivity index (χ0v) is 12.2. The van der Waals surface area contributed by atoms with Gasteiger partial charge in [-0.15, -0.1) is 12.4 Å². The van der Waals surface area contributed by atoms with E-state index in [-0.39, 0.29) is 12.4 Å². The Morgan fingerprint density at radius 3 is 2.60 bits per heavy atom. The molecular weight excluding hydrogens is 274 g/mol. The van der Waals surface area contributed by atoms with Crippen molar-refractivity contribution in [3.8, 4) is 11.5 Å². The molecule has 2 aromatic rings. The van der Waals surface area contributed by atoms with Crippen molar-refractivity contribution in [3.63, 3.8) is 0 Å². The first-order chi connectivity index (χ1) is 9.31. The van der Waals surface area contributed by atoms with Gasteiger partial charge in [-0.05, 0) is 25.0 Å². The van der Waals surface area contributed by atoms with E-state index in [9.17, 15) is 0 Å². The Balaban J connectivity index is 0.00000147. The quantitative estimate of drug-likeness (QED) is 0.945. The molecule has 1 aromatic carbocycles. The highest BCUT2D eigenvalue weighted by atomic mass is 35.5. The summed E-state index contributed by atoms with van der Waals surface area (Å²) >= 11 is 0. The molecule has 108 valence electrons. The van der Waals surface area contributed by atoms with E-state index in [1.54, 1.807) is 6.26 Å². The molecule has 4 nitrogen and oxygen atoms in total. The van der Waals surface area contributed by atoms with Crippen LogP contribution < -0.4 is 5.73 Å². The van der Waals surface area contributed by atoms with Crippen molar-refractivity contribution >= 4 is 12.4 Å². The Kier molecular flexibility index (Phi) is 5.17. The molecular formula is C15H20ClN3O. The molecule has 20 heavy (non-hydrogen) atoms. The molecule has 0 amide bonds. The van der Waals surface area contributed by atoms with Gasteiger partial charge < -0.3 is 10.2 Å². The summed E-state index contributed by atoms with van der Waals surface area (Å²) in [4.78, 5) is 6.94. The molecule has 1 aliphatic rings. The Bertz CT molecular complexity index is 521. The maximum absolute atomic E-state index is 5.91. The van der Waals surface area contributed by atoms with Crippen LogP contribution in [0.5, 0.6) is 0 Å². The summed E-state index contributed by atoms with van der Waals surface area (Å²) in [5, 5.41) is 0. The molecule has 1 fully saturated rings. The predicted octanol–water partition coefficient (Wildman–Crippen LogP) is 2.69. The van der Waals surface area contributed by atoms with E-state index in [0.29, 0.717) is 11.9 Å². The van der Waals surface area contributed by atoms with Gasteiger partial charge in [-0.25, -0.2) is 4.98 Å². The largest absolute Gasteiger partial charge is 0.444 e. The molecule has 0 saturated carbocycles.